The molecule has 1 aliphatic carbocycles. The molecule has 0 aromatic carbocycles. The second-order valence-corrected chi connectivity index (χ2v) is 14.3. The molecule has 7 unspecified atom stereocenters. The van der Waals surface area contributed by atoms with Crippen LogP contribution in [0.25, 0.3) is 0 Å². The van der Waals surface area contributed by atoms with E-state index in [2.05, 4.69) is 91.8 Å². The van der Waals surface area contributed by atoms with E-state index in [4.69, 9.17) is 28.9 Å². The SMILES string of the molecule is C1CC2OC2CC1C1CO1.CC.CC1CO1.CCC.CCC(C)(C)C.CCC(C)(C)CC.CCO.CPP.O=C=O. The number of hydrogen-bond acceptors (Lipinski definition) is 6. The number of carbonyl (C=O) groups excluding carboxylic acids is 2. The van der Waals surface area contributed by atoms with Gasteiger partial charge in [0.05, 0.1) is 37.6 Å². The van der Waals surface area contributed by atoms with Crippen molar-refractivity contribution in [3.63, 3.8) is 0 Å². The maximum Gasteiger partial charge on any atom is 0.373 e. The molecule has 0 amide bonds. The Morgan fingerprint density at radius 1 is 0.829 bits per heavy atom. The molecular weight excluding hydrogens is 554 g/mol. The van der Waals surface area contributed by atoms with Gasteiger partial charge in [-0.25, -0.2) is 0 Å². The monoisotopic (exact) mass is 628 g/mol. The van der Waals surface area contributed by atoms with Gasteiger partial charge in [-0.15, -0.1) is 17.2 Å². The minimum atomic E-state index is 0.250. The van der Waals surface area contributed by atoms with Gasteiger partial charge in [0.15, 0.2) is 0 Å². The van der Waals surface area contributed by atoms with Crippen LogP contribution in [0, 0.1) is 16.7 Å². The third kappa shape index (κ3) is 50.0. The zero-order chi connectivity index (χ0) is 33.5. The molecule has 0 bridgehead atoms. The standard InChI is InChI=1S/C8H12O2.C7H16.C6H14.C3H6O.C3H8.C2H6O.C2H6.CO2.CH6P2/c1-2-6-7(10-6)3-5(1)8-4-9-8;1-5-7(3,4)6-2;1-5-6(2,3)4;1-3-2-4-3;1-3-2;1-2-3;1-2;2-1-3;1-3-2/h5-8H,1-4H2;5-6H2,1-4H3;5H2,1-4H3;3H,2H2,1H3;3H2,1-2H3;3H,2H2,1H3;1-2H3;;3H,2H2,1H3. The van der Waals surface area contributed by atoms with E-state index in [1.807, 2.05) is 13.8 Å². The van der Waals surface area contributed by atoms with E-state index in [1.165, 1.54) is 44.9 Å². The van der Waals surface area contributed by atoms with Crippen LogP contribution in [0.3, 0.4) is 0 Å². The first kappa shape index (κ1) is 50.7. The van der Waals surface area contributed by atoms with Crippen LogP contribution in [-0.4, -0.2) is 62.2 Å². The summed E-state index contributed by atoms with van der Waals surface area (Å²) in [4.78, 5) is 16.2. The predicted molar refractivity (Wildman–Crippen MR) is 184 cm³/mol. The average molecular weight is 629 g/mol. The molecule has 1 saturated carbocycles. The summed E-state index contributed by atoms with van der Waals surface area (Å²) in [6, 6.07) is 0. The minimum absolute atomic E-state index is 0.250. The predicted octanol–water partition coefficient (Wildman–Crippen LogP) is 9.58. The van der Waals surface area contributed by atoms with Crippen LogP contribution < -0.4 is 0 Å². The van der Waals surface area contributed by atoms with Gasteiger partial charge < -0.3 is 19.3 Å². The number of hydrogen-bond donors (Lipinski definition) is 1. The summed E-state index contributed by atoms with van der Waals surface area (Å²) in [6.07, 6.45) is 11.7. The van der Waals surface area contributed by atoms with Crippen molar-refractivity contribution in [3.05, 3.63) is 0 Å². The number of rotatable bonds is 3. The second-order valence-electron chi connectivity index (χ2n) is 12.0. The maximum atomic E-state index is 8.12. The lowest BCUT2D eigenvalue weighted by molar-refractivity contribution is -0.191. The number of aliphatic hydroxyl groups excluding tert-OH is 1. The van der Waals surface area contributed by atoms with Crippen LogP contribution in [0.5, 0.6) is 0 Å². The number of epoxide rings is 3. The Labute approximate surface area is 261 Å². The van der Waals surface area contributed by atoms with Crippen LogP contribution >= 0.6 is 17.2 Å². The molecule has 0 aromatic heterocycles. The highest BCUT2D eigenvalue weighted by Crippen LogP contribution is 2.43. The summed E-state index contributed by atoms with van der Waals surface area (Å²) >= 11 is 0. The first-order chi connectivity index (χ1) is 19.2. The molecule has 1 N–H and O–H groups in total. The Kier molecular flexibility index (Phi) is 42.7. The smallest absolute Gasteiger partial charge is 0.373 e. The molecule has 41 heavy (non-hydrogen) atoms. The molecule has 252 valence electrons. The van der Waals surface area contributed by atoms with Gasteiger partial charge in [0.25, 0.3) is 0 Å². The van der Waals surface area contributed by atoms with Crippen LogP contribution in [0.1, 0.15) is 142 Å². The summed E-state index contributed by atoms with van der Waals surface area (Å²) in [5.41, 5.74) is 1.12. The molecule has 4 fully saturated rings. The summed E-state index contributed by atoms with van der Waals surface area (Å²) in [6.45, 7) is 34.4. The zero-order valence-electron chi connectivity index (χ0n) is 30.0. The van der Waals surface area contributed by atoms with Gasteiger partial charge in [0.2, 0.25) is 0 Å². The summed E-state index contributed by atoms with van der Waals surface area (Å²) in [7, 11) is 3.61. The molecule has 0 spiro atoms. The van der Waals surface area contributed by atoms with Crippen LogP contribution in [0.15, 0.2) is 0 Å². The van der Waals surface area contributed by atoms with Crippen LogP contribution in [0.4, 0.5) is 0 Å². The molecule has 0 radical (unpaired) electrons. The van der Waals surface area contributed by atoms with Crippen LogP contribution in [-0.2, 0) is 23.8 Å². The van der Waals surface area contributed by atoms with Crippen molar-refractivity contribution in [1.29, 1.82) is 0 Å². The number of ether oxygens (including phenoxy) is 3. The van der Waals surface area contributed by atoms with Crippen molar-refractivity contribution < 1.29 is 28.9 Å². The van der Waals surface area contributed by atoms with E-state index in [1.54, 1.807) is 6.92 Å². The Hall–Kier alpha value is 0.0800. The van der Waals surface area contributed by atoms with Crippen molar-refractivity contribution in [2.75, 3.05) is 26.5 Å². The minimum Gasteiger partial charge on any atom is -0.397 e. The fraction of sp³-hybridized carbons (Fsp3) is 0.970. The van der Waals surface area contributed by atoms with E-state index in [-0.39, 0.29) is 12.8 Å². The van der Waals surface area contributed by atoms with Crippen molar-refractivity contribution in [2.24, 2.45) is 16.7 Å². The van der Waals surface area contributed by atoms with E-state index >= 15 is 0 Å². The van der Waals surface area contributed by atoms with Gasteiger partial charge in [-0.1, -0.05) is 109 Å². The molecule has 7 atom stereocenters. The number of aliphatic hydroxyl groups is 1. The molecule has 3 saturated heterocycles. The third-order valence-corrected chi connectivity index (χ3v) is 6.40. The summed E-state index contributed by atoms with van der Waals surface area (Å²) < 4.78 is 15.4. The van der Waals surface area contributed by atoms with Crippen molar-refractivity contribution in [3.8, 4) is 0 Å². The van der Waals surface area contributed by atoms with Gasteiger partial charge >= 0.3 is 6.15 Å². The first-order valence-corrected chi connectivity index (χ1v) is 19.3. The average Bonchev–Trinajstić information content (AvgIpc) is 3.77. The molecule has 3 heterocycles. The third-order valence-electron chi connectivity index (χ3n) is 6.40. The van der Waals surface area contributed by atoms with E-state index in [0.29, 0.717) is 35.2 Å². The quantitative estimate of drug-likeness (QED) is 0.247. The lowest BCUT2D eigenvalue weighted by Crippen LogP contribution is -2.17. The fourth-order valence-electron chi connectivity index (χ4n) is 2.45. The molecule has 0 aromatic rings. The molecule has 8 heteroatoms. The first-order valence-electron chi connectivity index (χ1n) is 16.0. The highest BCUT2D eigenvalue weighted by Gasteiger charge is 2.48. The van der Waals surface area contributed by atoms with E-state index in [9.17, 15) is 0 Å². The highest BCUT2D eigenvalue weighted by molar-refractivity contribution is 8.02. The molecule has 6 nitrogen and oxygen atoms in total. The van der Waals surface area contributed by atoms with Crippen LogP contribution in [0.2, 0.25) is 0 Å². The van der Waals surface area contributed by atoms with Crippen molar-refractivity contribution in [2.45, 2.75) is 166 Å². The van der Waals surface area contributed by atoms with Crippen molar-refractivity contribution in [1.82, 2.24) is 0 Å². The molecular formula is C33H74O6P2. The second kappa shape index (κ2) is 34.6. The van der Waals surface area contributed by atoms with Gasteiger partial charge in [-0.05, 0) is 56.5 Å². The zero-order valence-corrected chi connectivity index (χ0v) is 32.2. The highest BCUT2D eigenvalue weighted by atomic mass is 32.0. The normalized spacial score (nSPS) is 23.7. The Balaban J connectivity index is -0.000000126. The lowest BCUT2D eigenvalue weighted by Gasteiger charge is -2.18. The van der Waals surface area contributed by atoms with E-state index in [0.717, 1.165) is 27.4 Å². The van der Waals surface area contributed by atoms with Gasteiger partial charge in [0, 0.05) is 6.61 Å². The molecule has 3 aliphatic heterocycles. The molecule has 4 aliphatic rings. The summed E-state index contributed by atoms with van der Waals surface area (Å²) in [5.74, 6) is 0.837. The Bertz CT molecular complexity index is 516. The lowest BCUT2D eigenvalue weighted by atomic mass is 9.87. The fourth-order valence-corrected chi connectivity index (χ4v) is 2.45. The topological polar surface area (TPSA) is 92.0 Å². The van der Waals surface area contributed by atoms with Gasteiger partial charge in [0.1, 0.15) is 0 Å². The molecule has 4 rings (SSSR count). The van der Waals surface area contributed by atoms with E-state index < -0.39 is 0 Å². The Morgan fingerprint density at radius 3 is 1.32 bits per heavy atom. The Morgan fingerprint density at radius 2 is 1.15 bits per heavy atom. The summed E-state index contributed by atoms with van der Waals surface area (Å²) in [5, 5.41) is 7.57. The van der Waals surface area contributed by atoms with Crippen molar-refractivity contribution >= 4 is 23.3 Å². The maximum absolute atomic E-state index is 8.12. The van der Waals surface area contributed by atoms with Gasteiger partial charge in [-0.3, -0.25) is 0 Å². The number of fused-ring (bicyclic) bond motifs is 1. The largest absolute Gasteiger partial charge is 0.397 e. The van der Waals surface area contributed by atoms with Gasteiger partial charge in [-0.2, -0.15) is 9.59 Å².